The minimum absolute atomic E-state index is 0.391. The zero-order valence-electron chi connectivity index (χ0n) is 10.7. The number of carbonyl (C=O) groups excluding carboxylic acids is 1. The first-order valence-corrected chi connectivity index (χ1v) is 6.26. The van der Waals surface area contributed by atoms with Gasteiger partial charge in [0.1, 0.15) is 22.9 Å². The fourth-order valence-electron chi connectivity index (χ4n) is 1.84. The second-order valence-corrected chi connectivity index (χ2v) is 5.56. The van der Waals surface area contributed by atoms with Crippen LogP contribution in [0.25, 0.3) is 0 Å². The van der Waals surface area contributed by atoms with Crippen LogP contribution in [-0.4, -0.2) is 28.2 Å². The van der Waals surface area contributed by atoms with Gasteiger partial charge in [0.15, 0.2) is 0 Å². The Kier molecular flexibility index (Phi) is 3.43. The molecule has 1 aromatic heterocycles. The van der Waals surface area contributed by atoms with E-state index in [9.17, 15) is 4.79 Å². The molecular formula is C12H16ClN3O2. The van der Waals surface area contributed by atoms with Gasteiger partial charge < -0.3 is 4.74 Å². The molecule has 1 aliphatic heterocycles. The number of fused-ring (bicyclic) bond motifs is 1. The Labute approximate surface area is 111 Å². The van der Waals surface area contributed by atoms with Crippen molar-refractivity contribution in [3.63, 3.8) is 0 Å². The van der Waals surface area contributed by atoms with Gasteiger partial charge in [0.05, 0.1) is 0 Å². The molecule has 5 nitrogen and oxygen atoms in total. The molecule has 0 unspecified atom stereocenters. The lowest BCUT2D eigenvalue weighted by molar-refractivity contribution is 0.0576. The van der Waals surface area contributed by atoms with Crippen LogP contribution in [0.15, 0.2) is 6.33 Å². The molecule has 1 aromatic rings. The molecule has 0 radical (unpaired) electrons. The van der Waals surface area contributed by atoms with E-state index in [1.165, 1.54) is 11.2 Å². The fraction of sp³-hybridized carbons (Fsp3) is 0.583. The first-order valence-electron chi connectivity index (χ1n) is 5.88. The van der Waals surface area contributed by atoms with Gasteiger partial charge >= 0.3 is 6.09 Å². The van der Waals surface area contributed by atoms with Crippen molar-refractivity contribution in [2.75, 3.05) is 11.4 Å². The Morgan fingerprint density at radius 2 is 2.17 bits per heavy atom. The summed E-state index contributed by atoms with van der Waals surface area (Å²) in [6, 6.07) is 0. The van der Waals surface area contributed by atoms with Crippen LogP contribution in [0.4, 0.5) is 10.6 Å². The molecule has 2 heterocycles. The summed E-state index contributed by atoms with van der Waals surface area (Å²) in [5, 5.41) is 0.410. The normalized spacial score (nSPS) is 15.2. The molecule has 0 saturated carbocycles. The van der Waals surface area contributed by atoms with E-state index in [4.69, 9.17) is 16.3 Å². The maximum atomic E-state index is 12.1. The van der Waals surface area contributed by atoms with Gasteiger partial charge in [-0.2, -0.15) is 0 Å². The zero-order valence-corrected chi connectivity index (χ0v) is 11.5. The molecule has 0 spiro atoms. The van der Waals surface area contributed by atoms with Crippen molar-refractivity contribution in [2.45, 2.75) is 39.2 Å². The molecule has 18 heavy (non-hydrogen) atoms. The minimum Gasteiger partial charge on any atom is -0.443 e. The number of rotatable bonds is 0. The highest BCUT2D eigenvalue weighted by molar-refractivity contribution is 6.30. The number of anilines is 1. The second kappa shape index (κ2) is 4.72. The van der Waals surface area contributed by atoms with Crippen LogP contribution in [0.2, 0.25) is 5.15 Å². The van der Waals surface area contributed by atoms with E-state index < -0.39 is 11.7 Å². The number of ether oxygens (including phenoxy) is 1. The monoisotopic (exact) mass is 269 g/mol. The first-order chi connectivity index (χ1) is 8.38. The molecule has 6 heteroatoms. The predicted molar refractivity (Wildman–Crippen MR) is 68.9 cm³/mol. The Balaban J connectivity index is 2.28. The van der Waals surface area contributed by atoms with Crippen molar-refractivity contribution >= 4 is 23.5 Å². The summed E-state index contributed by atoms with van der Waals surface area (Å²) in [6.07, 6.45) is 2.59. The molecule has 0 fully saturated rings. The SMILES string of the molecule is CC(C)(C)OC(=O)N1CCCc2c(Cl)ncnc21. The van der Waals surface area contributed by atoms with Crippen molar-refractivity contribution in [1.82, 2.24) is 9.97 Å². The summed E-state index contributed by atoms with van der Waals surface area (Å²) in [5.74, 6) is 0.565. The van der Waals surface area contributed by atoms with Gasteiger partial charge in [-0.05, 0) is 33.6 Å². The number of hydrogen-bond acceptors (Lipinski definition) is 4. The van der Waals surface area contributed by atoms with Gasteiger partial charge in [0, 0.05) is 12.1 Å². The average molecular weight is 270 g/mol. The molecule has 2 rings (SSSR count). The number of hydrogen-bond donors (Lipinski definition) is 0. The molecule has 0 N–H and O–H groups in total. The lowest BCUT2D eigenvalue weighted by Crippen LogP contribution is -2.40. The lowest BCUT2D eigenvalue weighted by Gasteiger charge is -2.30. The number of amides is 1. The quantitative estimate of drug-likeness (QED) is 0.680. The molecule has 98 valence electrons. The topological polar surface area (TPSA) is 55.3 Å². The van der Waals surface area contributed by atoms with Crippen LogP contribution >= 0.6 is 11.6 Å². The first kappa shape index (κ1) is 13.1. The number of aromatic nitrogens is 2. The highest BCUT2D eigenvalue weighted by Crippen LogP contribution is 2.29. The van der Waals surface area contributed by atoms with Crippen LogP contribution in [0.1, 0.15) is 32.8 Å². The molecule has 1 amide bonds. The summed E-state index contributed by atoms with van der Waals surface area (Å²) in [4.78, 5) is 21.7. The Morgan fingerprint density at radius 1 is 1.44 bits per heavy atom. The van der Waals surface area contributed by atoms with Crippen LogP contribution in [0.3, 0.4) is 0 Å². The number of nitrogens with zero attached hydrogens (tertiary/aromatic N) is 3. The molecule has 0 aromatic carbocycles. The lowest BCUT2D eigenvalue weighted by atomic mass is 10.1. The van der Waals surface area contributed by atoms with Crippen molar-refractivity contribution < 1.29 is 9.53 Å². The van der Waals surface area contributed by atoms with Gasteiger partial charge in [-0.1, -0.05) is 11.6 Å². The summed E-state index contributed by atoms with van der Waals surface area (Å²) in [5.41, 5.74) is 0.294. The standard InChI is InChI=1S/C12H16ClN3O2/c1-12(2,3)18-11(17)16-6-4-5-8-9(13)14-7-15-10(8)16/h7H,4-6H2,1-3H3. The average Bonchev–Trinajstić information content (AvgIpc) is 2.26. The van der Waals surface area contributed by atoms with Gasteiger partial charge in [-0.15, -0.1) is 0 Å². The number of carbonyl (C=O) groups is 1. The predicted octanol–water partition coefficient (Wildman–Crippen LogP) is 2.82. The Morgan fingerprint density at radius 3 is 2.83 bits per heavy atom. The third kappa shape index (κ3) is 2.72. The van der Waals surface area contributed by atoms with E-state index in [2.05, 4.69) is 9.97 Å². The van der Waals surface area contributed by atoms with Gasteiger partial charge in [0.25, 0.3) is 0 Å². The second-order valence-electron chi connectivity index (χ2n) is 5.20. The van der Waals surface area contributed by atoms with Crippen LogP contribution in [0, 0.1) is 0 Å². The van der Waals surface area contributed by atoms with Crippen molar-refractivity contribution in [3.8, 4) is 0 Å². The summed E-state index contributed by atoms with van der Waals surface area (Å²) in [7, 11) is 0. The van der Waals surface area contributed by atoms with Gasteiger partial charge in [0.2, 0.25) is 0 Å². The van der Waals surface area contributed by atoms with Crippen LogP contribution < -0.4 is 4.90 Å². The van der Waals surface area contributed by atoms with Gasteiger partial charge in [-0.3, -0.25) is 4.90 Å². The Bertz CT molecular complexity index is 471. The Hall–Kier alpha value is -1.36. The maximum absolute atomic E-state index is 12.1. The van der Waals surface area contributed by atoms with Crippen LogP contribution in [-0.2, 0) is 11.2 Å². The largest absolute Gasteiger partial charge is 0.443 e. The maximum Gasteiger partial charge on any atom is 0.416 e. The van der Waals surface area contributed by atoms with E-state index in [1.807, 2.05) is 20.8 Å². The molecule has 0 aliphatic carbocycles. The van der Waals surface area contributed by atoms with Crippen molar-refractivity contribution in [1.29, 1.82) is 0 Å². The molecule has 0 bridgehead atoms. The molecular weight excluding hydrogens is 254 g/mol. The third-order valence-electron chi connectivity index (χ3n) is 2.55. The smallest absolute Gasteiger partial charge is 0.416 e. The fourth-order valence-corrected chi connectivity index (χ4v) is 2.07. The highest BCUT2D eigenvalue weighted by atomic mass is 35.5. The molecule has 1 aliphatic rings. The number of halogens is 1. The van der Waals surface area contributed by atoms with E-state index in [0.717, 1.165) is 18.4 Å². The molecule has 0 atom stereocenters. The van der Waals surface area contributed by atoms with Gasteiger partial charge in [-0.25, -0.2) is 14.8 Å². The van der Waals surface area contributed by atoms with E-state index in [1.54, 1.807) is 0 Å². The van der Waals surface area contributed by atoms with E-state index >= 15 is 0 Å². The molecule has 0 saturated heterocycles. The van der Waals surface area contributed by atoms with Crippen LogP contribution in [0.5, 0.6) is 0 Å². The highest BCUT2D eigenvalue weighted by Gasteiger charge is 2.29. The summed E-state index contributed by atoms with van der Waals surface area (Å²) in [6.45, 7) is 6.10. The zero-order chi connectivity index (χ0) is 13.3. The van der Waals surface area contributed by atoms with E-state index in [0.29, 0.717) is 17.5 Å². The van der Waals surface area contributed by atoms with Crippen molar-refractivity contribution in [3.05, 3.63) is 17.0 Å². The summed E-state index contributed by atoms with van der Waals surface area (Å²) >= 11 is 6.02. The van der Waals surface area contributed by atoms with Crippen molar-refractivity contribution in [2.24, 2.45) is 0 Å². The third-order valence-corrected chi connectivity index (χ3v) is 2.87. The van der Waals surface area contributed by atoms with E-state index in [-0.39, 0.29) is 0 Å². The summed E-state index contributed by atoms with van der Waals surface area (Å²) < 4.78 is 5.36. The minimum atomic E-state index is -0.522.